The van der Waals surface area contributed by atoms with E-state index in [4.69, 9.17) is 5.73 Å². The average molecular weight is 307 g/mol. The van der Waals surface area contributed by atoms with Crippen LogP contribution in [-0.4, -0.2) is 37.1 Å². The maximum absolute atomic E-state index is 11.6. The molecule has 0 aromatic carbocycles. The van der Waals surface area contributed by atoms with Gasteiger partial charge in [0.05, 0.1) is 0 Å². The van der Waals surface area contributed by atoms with Gasteiger partial charge in [0, 0.05) is 19.1 Å². The number of rotatable bonds is 6. The molecule has 118 valence electrons. The summed E-state index contributed by atoms with van der Waals surface area (Å²) in [5.74, 6) is -0.207. The minimum absolute atomic E-state index is 0. The number of amides is 3. The number of carbonyl (C=O) groups is 2. The highest BCUT2D eigenvalue weighted by molar-refractivity contribution is 5.86. The number of hydrogen-bond acceptors (Lipinski definition) is 3. The van der Waals surface area contributed by atoms with Crippen LogP contribution in [-0.2, 0) is 4.79 Å². The molecule has 0 aromatic rings. The van der Waals surface area contributed by atoms with Gasteiger partial charge in [0.2, 0.25) is 5.91 Å². The van der Waals surface area contributed by atoms with Crippen molar-refractivity contribution in [3.05, 3.63) is 0 Å². The second kappa shape index (κ2) is 10.7. The molecule has 0 spiro atoms. The van der Waals surface area contributed by atoms with Crippen LogP contribution < -0.4 is 21.7 Å². The molecule has 0 aromatic heterocycles. The summed E-state index contributed by atoms with van der Waals surface area (Å²) in [4.78, 5) is 22.2. The van der Waals surface area contributed by atoms with Crippen LogP contribution in [0.5, 0.6) is 0 Å². The molecule has 0 heterocycles. The van der Waals surface area contributed by atoms with Gasteiger partial charge in [-0.3, -0.25) is 4.79 Å². The molecule has 1 unspecified atom stereocenters. The molecular formula is C13H27ClN4O2. The monoisotopic (exact) mass is 306 g/mol. The molecular weight excluding hydrogens is 280 g/mol. The van der Waals surface area contributed by atoms with Crippen molar-refractivity contribution in [1.82, 2.24) is 16.0 Å². The van der Waals surface area contributed by atoms with Crippen LogP contribution in [0.2, 0.25) is 0 Å². The predicted molar refractivity (Wildman–Crippen MR) is 81.9 cm³/mol. The Balaban J connectivity index is 0.00000361. The Morgan fingerprint density at radius 2 is 1.75 bits per heavy atom. The van der Waals surface area contributed by atoms with Crippen molar-refractivity contribution in [2.45, 2.75) is 57.5 Å². The van der Waals surface area contributed by atoms with E-state index >= 15 is 0 Å². The lowest BCUT2D eigenvalue weighted by atomic mass is 10.1. The molecule has 20 heavy (non-hydrogen) atoms. The summed E-state index contributed by atoms with van der Waals surface area (Å²) in [5, 5.41) is 8.59. The highest BCUT2D eigenvalue weighted by Crippen LogP contribution is 2.16. The Morgan fingerprint density at radius 1 is 1.15 bits per heavy atom. The maximum atomic E-state index is 11.6. The Morgan fingerprint density at radius 3 is 2.30 bits per heavy atom. The third-order valence-electron chi connectivity index (χ3n) is 3.46. The van der Waals surface area contributed by atoms with E-state index in [0.717, 1.165) is 6.54 Å². The fourth-order valence-electron chi connectivity index (χ4n) is 2.38. The molecule has 1 aliphatic rings. The molecule has 0 aliphatic heterocycles. The SMILES string of the molecule is CC(NC(N)=O)C(=O)NCCNC1CCCCCC1.Cl. The van der Waals surface area contributed by atoms with Gasteiger partial charge in [0.15, 0.2) is 0 Å². The Bertz CT molecular complexity index is 294. The normalized spacial score (nSPS) is 17.4. The van der Waals surface area contributed by atoms with Crippen molar-refractivity contribution in [2.75, 3.05) is 13.1 Å². The zero-order chi connectivity index (χ0) is 14.1. The van der Waals surface area contributed by atoms with Gasteiger partial charge in [0.25, 0.3) is 0 Å². The molecule has 1 saturated carbocycles. The topological polar surface area (TPSA) is 96.2 Å². The predicted octanol–water partition coefficient (Wildman–Crippen LogP) is 0.894. The zero-order valence-corrected chi connectivity index (χ0v) is 12.9. The number of nitrogens with two attached hydrogens (primary N) is 1. The second-order valence-electron chi connectivity index (χ2n) is 5.16. The van der Waals surface area contributed by atoms with Crippen molar-refractivity contribution in [3.63, 3.8) is 0 Å². The van der Waals surface area contributed by atoms with Crippen LogP contribution >= 0.6 is 12.4 Å². The highest BCUT2D eigenvalue weighted by atomic mass is 35.5. The van der Waals surface area contributed by atoms with Crippen molar-refractivity contribution in [3.8, 4) is 0 Å². The molecule has 1 aliphatic carbocycles. The fourth-order valence-corrected chi connectivity index (χ4v) is 2.38. The van der Waals surface area contributed by atoms with Gasteiger partial charge in [-0.1, -0.05) is 25.7 Å². The number of urea groups is 1. The molecule has 6 nitrogen and oxygen atoms in total. The molecule has 3 amide bonds. The number of hydrogen-bond donors (Lipinski definition) is 4. The van der Waals surface area contributed by atoms with Crippen molar-refractivity contribution < 1.29 is 9.59 Å². The Labute approximate surface area is 127 Å². The van der Waals surface area contributed by atoms with Crippen molar-refractivity contribution >= 4 is 24.3 Å². The minimum Gasteiger partial charge on any atom is -0.353 e. The van der Waals surface area contributed by atoms with E-state index < -0.39 is 12.1 Å². The van der Waals surface area contributed by atoms with Crippen LogP contribution in [0.4, 0.5) is 4.79 Å². The molecule has 1 atom stereocenters. The first-order valence-corrected chi connectivity index (χ1v) is 7.16. The second-order valence-corrected chi connectivity index (χ2v) is 5.16. The zero-order valence-electron chi connectivity index (χ0n) is 12.1. The van der Waals surface area contributed by atoms with Crippen LogP contribution in [0.1, 0.15) is 45.4 Å². The van der Waals surface area contributed by atoms with Gasteiger partial charge < -0.3 is 21.7 Å². The summed E-state index contributed by atoms with van der Waals surface area (Å²) in [7, 11) is 0. The number of halogens is 1. The summed E-state index contributed by atoms with van der Waals surface area (Å²) >= 11 is 0. The van der Waals surface area contributed by atoms with Crippen LogP contribution in [0, 0.1) is 0 Å². The lowest BCUT2D eigenvalue weighted by molar-refractivity contribution is -0.122. The number of carbonyl (C=O) groups excluding carboxylic acids is 2. The Hall–Kier alpha value is -1.01. The first-order chi connectivity index (χ1) is 9.09. The molecule has 7 heteroatoms. The standard InChI is InChI=1S/C13H26N4O2.ClH/c1-10(17-13(14)19)12(18)16-9-8-15-11-6-4-2-3-5-7-11;/h10-11,15H,2-9H2,1H3,(H,16,18)(H3,14,17,19);1H. The van der Waals surface area contributed by atoms with Gasteiger partial charge in [-0.2, -0.15) is 0 Å². The highest BCUT2D eigenvalue weighted by Gasteiger charge is 2.14. The van der Waals surface area contributed by atoms with Crippen molar-refractivity contribution in [2.24, 2.45) is 5.73 Å². The summed E-state index contributed by atoms with van der Waals surface area (Å²) in [6.07, 6.45) is 7.73. The average Bonchev–Trinajstić information content (AvgIpc) is 2.62. The summed E-state index contributed by atoms with van der Waals surface area (Å²) in [6.45, 7) is 2.94. The minimum atomic E-state index is -0.681. The first kappa shape index (κ1) is 19.0. The van der Waals surface area contributed by atoms with Gasteiger partial charge in [-0.05, 0) is 19.8 Å². The van der Waals surface area contributed by atoms with Gasteiger partial charge in [0.1, 0.15) is 6.04 Å². The summed E-state index contributed by atoms with van der Waals surface area (Å²) in [5.41, 5.74) is 4.96. The van der Waals surface area contributed by atoms with Gasteiger partial charge in [-0.25, -0.2) is 4.79 Å². The molecule has 0 radical (unpaired) electrons. The van der Waals surface area contributed by atoms with Gasteiger partial charge >= 0.3 is 6.03 Å². The maximum Gasteiger partial charge on any atom is 0.312 e. The molecule has 1 fully saturated rings. The van der Waals surface area contributed by atoms with Crippen LogP contribution in [0.15, 0.2) is 0 Å². The fraction of sp³-hybridized carbons (Fsp3) is 0.846. The molecule has 0 bridgehead atoms. The number of primary amides is 1. The lowest BCUT2D eigenvalue weighted by Crippen LogP contribution is -2.48. The smallest absolute Gasteiger partial charge is 0.312 e. The molecule has 0 saturated heterocycles. The van der Waals surface area contributed by atoms with Crippen LogP contribution in [0.25, 0.3) is 0 Å². The van der Waals surface area contributed by atoms with Crippen molar-refractivity contribution in [1.29, 1.82) is 0 Å². The first-order valence-electron chi connectivity index (χ1n) is 7.16. The van der Waals surface area contributed by atoms with E-state index in [2.05, 4.69) is 16.0 Å². The van der Waals surface area contributed by atoms with E-state index in [1.165, 1.54) is 38.5 Å². The van der Waals surface area contributed by atoms with E-state index in [1.54, 1.807) is 6.92 Å². The third kappa shape index (κ3) is 8.22. The van der Waals surface area contributed by atoms with Crippen LogP contribution in [0.3, 0.4) is 0 Å². The Kier molecular flexibility index (Phi) is 10.2. The third-order valence-corrected chi connectivity index (χ3v) is 3.46. The van der Waals surface area contributed by atoms with Gasteiger partial charge in [-0.15, -0.1) is 12.4 Å². The molecule has 1 rings (SSSR count). The summed E-state index contributed by atoms with van der Waals surface area (Å²) in [6, 6.07) is -0.685. The summed E-state index contributed by atoms with van der Waals surface area (Å²) < 4.78 is 0. The number of nitrogens with one attached hydrogen (secondary N) is 3. The van der Waals surface area contributed by atoms with E-state index in [9.17, 15) is 9.59 Å². The lowest BCUT2D eigenvalue weighted by Gasteiger charge is -2.17. The largest absolute Gasteiger partial charge is 0.353 e. The van der Waals surface area contributed by atoms with E-state index in [0.29, 0.717) is 12.6 Å². The van der Waals surface area contributed by atoms with E-state index in [-0.39, 0.29) is 18.3 Å². The van der Waals surface area contributed by atoms with E-state index in [1.807, 2.05) is 0 Å². The molecule has 5 N–H and O–H groups in total. The quantitative estimate of drug-likeness (QED) is 0.433.